The second kappa shape index (κ2) is 5.00. The summed E-state index contributed by atoms with van der Waals surface area (Å²) in [4.78, 5) is 0.256. The van der Waals surface area contributed by atoms with Gasteiger partial charge in [-0.3, -0.25) is 10.1 Å². The van der Waals surface area contributed by atoms with E-state index in [1.54, 1.807) is 14.0 Å². The van der Waals surface area contributed by atoms with Gasteiger partial charge in [-0.2, -0.15) is 5.10 Å². The van der Waals surface area contributed by atoms with Gasteiger partial charge in [0.1, 0.15) is 22.5 Å². The van der Waals surface area contributed by atoms with Crippen molar-refractivity contribution in [3.63, 3.8) is 0 Å². The lowest BCUT2D eigenvalue weighted by Crippen LogP contribution is -2.13. The number of nitrogens with two attached hydrogens (primary N) is 1. The minimum atomic E-state index is -0.654. The van der Waals surface area contributed by atoms with E-state index in [1.807, 2.05) is 0 Å². The van der Waals surface area contributed by atoms with Gasteiger partial charge >= 0.3 is 0 Å². The van der Waals surface area contributed by atoms with Crippen molar-refractivity contribution < 1.29 is 8.78 Å². The van der Waals surface area contributed by atoms with Gasteiger partial charge in [-0.05, 0) is 19.1 Å². The zero-order valence-electron chi connectivity index (χ0n) is 10.4. The lowest BCUT2D eigenvalue weighted by Gasteiger charge is -2.06. The average Bonchev–Trinajstić information content (AvgIpc) is 2.57. The van der Waals surface area contributed by atoms with Crippen LogP contribution in [0.25, 0.3) is 0 Å². The number of nitrogen functional groups attached to an aromatic ring is 1. The molecule has 100 valence electrons. The molecule has 2 aromatic rings. The van der Waals surface area contributed by atoms with Gasteiger partial charge in [-0.15, -0.1) is 0 Å². The summed E-state index contributed by atoms with van der Waals surface area (Å²) in [7, 11) is 1.68. The average molecular weight is 282 g/mol. The van der Waals surface area contributed by atoms with Gasteiger partial charge in [-0.25, -0.2) is 8.78 Å². The summed E-state index contributed by atoms with van der Waals surface area (Å²) in [6, 6.07) is 3.35. The van der Waals surface area contributed by atoms with Crippen LogP contribution in [-0.4, -0.2) is 15.6 Å². The molecule has 2 rings (SSSR count). The zero-order valence-corrected chi connectivity index (χ0v) is 11.2. The Hall–Kier alpha value is -1.89. The smallest absolute Gasteiger partial charge is 0.140 e. The van der Waals surface area contributed by atoms with E-state index in [0.29, 0.717) is 16.3 Å². The highest BCUT2D eigenvalue weighted by atomic mass is 32.2. The SMILES string of the molecule is Cc1nn(C)c(Sc2ccc(F)cc2F)c1C(=N)N. The van der Waals surface area contributed by atoms with Gasteiger partial charge < -0.3 is 5.73 Å². The van der Waals surface area contributed by atoms with Crippen molar-refractivity contribution >= 4 is 17.6 Å². The second-order valence-corrected chi connectivity index (χ2v) is 5.01. The van der Waals surface area contributed by atoms with E-state index in [2.05, 4.69) is 5.10 Å². The molecular weight excluding hydrogens is 270 g/mol. The second-order valence-electron chi connectivity index (χ2n) is 3.98. The lowest BCUT2D eigenvalue weighted by molar-refractivity contribution is 0.565. The molecule has 0 amide bonds. The Balaban J connectivity index is 2.46. The highest BCUT2D eigenvalue weighted by Gasteiger charge is 2.18. The first kappa shape index (κ1) is 13.5. The normalized spacial score (nSPS) is 10.7. The standard InChI is InChI=1S/C12H12F2N4S/c1-6-10(11(15)16)12(18(2)17-6)19-9-4-3-7(13)5-8(9)14/h3-5H,1-2H3,(H3,15,16). The van der Waals surface area contributed by atoms with Crippen molar-refractivity contribution in [3.05, 3.63) is 41.1 Å². The van der Waals surface area contributed by atoms with Crippen molar-refractivity contribution in [1.82, 2.24) is 9.78 Å². The molecule has 1 heterocycles. The molecule has 1 aromatic carbocycles. The summed E-state index contributed by atoms with van der Waals surface area (Å²) in [6.07, 6.45) is 0. The maximum Gasteiger partial charge on any atom is 0.140 e. The summed E-state index contributed by atoms with van der Waals surface area (Å²) < 4.78 is 28.0. The van der Waals surface area contributed by atoms with Crippen LogP contribution in [0.15, 0.2) is 28.1 Å². The van der Waals surface area contributed by atoms with E-state index >= 15 is 0 Å². The number of hydrogen-bond donors (Lipinski definition) is 2. The minimum Gasteiger partial charge on any atom is -0.384 e. The molecule has 0 saturated carbocycles. The van der Waals surface area contributed by atoms with Crippen molar-refractivity contribution in [2.45, 2.75) is 16.8 Å². The van der Waals surface area contributed by atoms with E-state index in [-0.39, 0.29) is 10.7 Å². The number of nitrogens with one attached hydrogen (secondary N) is 1. The van der Waals surface area contributed by atoms with Gasteiger partial charge in [0.25, 0.3) is 0 Å². The largest absolute Gasteiger partial charge is 0.384 e. The third-order valence-corrected chi connectivity index (χ3v) is 3.75. The number of nitrogens with zero attached hydrogens (tertiary/aromatic N) is 2. The topological polar surface area (TPSA) is 67.7 Å². The van der Waals surface area contributed by atoms with Crippen LogP contribution in [0, 0.1) is 24.0 Å². The number of amidine groups is 1. The number of benzene rings is 1. The zero-order chi connectivity index (χ0) is 14.2. The van der Waals surface area contributed by atoms with Crippen molar-refractivity contribution in [2.75, 3.05) is 0 Å². The van der Waals surface area contributed by atoms with Crippen LogP contribution in [0.5, 0.6) is 0 Å². The molecule has 0 aliphatic rings. The van der Waals surface area contributed by atoms with E-state index < -0.39 is 11.6 Å². The van der Waals surface area contributed by atoms with Crippen LogP contribution >= 0.6 is 11.8 Å². The molecule has 0 radical (unpaired) electrons. The quantitative estimate of drug-likeness (QED) is 0.671. The molecular formula is C12H12F2N4S. The summed E-state index contributed by atoms with van der Waals surface area (Å²) in [5.41, 5.74) is 6.57. The van der Waals surface area contributed by atoms with Gasteiger partial charge in [0.05, 0.1) is 11.3 Å². The van der Waals surface area contributed by atoms with E-state index in [0.717, 1.165) is 17.8 Å². The number of halogens is 2. The van der Waals surface area contributed by atoms with Crippen molar-refractivity contribution in [2.24, 2.45) is 12.8 Å². The number of aryl methyl sites for hydroxylation is 2. The van der Waals surface area contributed by atoms with Crippen LogP contribution in [0.2, 0.25) is 0 Å². The van der Waals surface area contributed by atoms with Crippen LogP contribution in [-0.2, 0) is 7.05 Å². The fraction of sp³-hybridized carbons (Fsp3) is 0.167. The van der Waals surface area contributed by atoms with Gasteiger partial charge in [0.15, 0.2) is 0 Å². The van der Waals surface area contributed by atoms with Gasteiger partial charge in [0, 0.05) is 18.0 Å². The molecule has 0 aliphatic heterocycles. The first-order valence-electron chi connectivity index (χ1n) is 5.41. The predicted molar refractivity (Wildman–Crippen MR) is 69.4 cm³/mol. The van der Waals surface area contributed by atoms with Crippen LogP contribution in [0.3, 0.4) is 0 Å². The molecule has 0 aliphatic carbocycles. The number of rotatable bonds is 3. The Labute approximate surface area is 113 Å². The monoisotopic (exact) mass is 282 g/mol. The lowest BCUT2D eigenvalue weighted by atomic mass is 10.2. The minimum absolute atomic E-state index is 0.129. The third kappa shape index (κ3) is 2.60. The van der Waals surface area contributed by atoms with Crippen LogP contribution in [0.1, 0.15) is 11.3 Å². The fourth-order valence-electron chi connectivity index (χ4n) is 1.73. The van der Waals surface area contributed by atoms with E-state index in [4.69, 9.17) is 11.1 Å². The highest BCUT2D eigenvalue weighted by Crippen LogP contribution is 2.33. The number of hydrogen-bond acceptors (Lipinski definition) is 3. The molecule has 0 bridgehead atoms. The maximum absolute atomic E-state index is 13.6. The van der Waals surface area contributed by atoms with Crippen molar-refractivity contribution in [3.8, 4) is 0 Å². The fourth-order valence-corrected chi connectivity index (χ4v) is 2.76. The first-order chi connectivity index (χ1) is 8.90. The molecule has 7 heteroatoms. The molecule has 0 saturated heterocycles. The highest BCUT2D eigenvalue weighted by molar-refractivity contribution is 7.99. The maximum atomic E-state index is 13.6. The molecule has 0 fully saturated rings. The Morgan fingerprint density at radius 3 is 2.68 bits per heavy atom. The molecule has 0 atom stereocenters. The Morgan fingerprint density at radius 2 is 2.11 bits per heavy atom. The van der Waals surface area contributed by atoms with Gasteiger partial charge in [0.2, 0.25) is 0 Å². The van der Waals surface area contributed by atoms with Crippen molar-refractivity contribution in [1.29, 1.82) is 5.41 Å². The molecule has 3 N–H and O–H groups in total. The summed E-state index contributed by atoms with van der Waals surface area (Å²) in [6.45, 7) is 1.72. The predicted octanol–water partition coefficient (Wildman–Crippen LogP) is 2.44. The molecule has 0 spiro atoms. The summed E-state index contributed by atoms with van der Waals surface area (Å²) in [5, 5.41) is 12.2. The molecule has 4 nitrogen and oxygen atoms in total. The van der Waals surface area contributed by atoms with Crippen LogP contribution < -0.4 is 5.73 Å². The van der Waals surface area contributed by atoms with Crippen LogP contribution in [0.4, 0.5) is 8.78 Å². The van der Waals surface area contributed by atoms with E-state index in [1.165, 1.54) is 16.8 Å². The summed E-state index contributed by atoms with van der Waals surface area (Å²) in [5.74, 6) is -1.41. The molecule has 0 unspecified atom stereocenters. The van der Waals surface area contributed by atoms with E-state index in [9.17, 15) is 8.78 Å². The van der Waals surface area contributed by atoms with Gasteiger partial charge in [-0.1, -0.05) is 11.8 Å². The molecule has 1 aromatic heterocycles. The first-order valence-corrected chi connectivity index (χ1v) is 6.22. The Kier molecular flexibility index (Phi) is 3.57. The Bertz CT molecular complexity index is 651. The Morgan fingerprint density at radius 1 is 1.42 bits per heavy atom. The summed E-state index contributed by atoms with van der Waals surface area (Å²) >= 11 is 1.06. The third-order valence-electron chi connectivity index (χ3n) is 2.54. The molecule has 19 heavy (non-hydrogen) atoms. The number of aromatic nitrogens is 2.